The van der Waals surface area contributed by atoms with E-state index in [-0.39, 0.29) is 24.3 Å². The predicted molar refractivity (Wildman–Crippen MR) is 124 cm³/mol. The number of hydrogen-bond donors (Lipinski definition) is 1. The van der Waals surface area contributed by atoms with Gasteiger partial charge in [-0.3, -0.25) is 9.59 Å². The maximum absolute atomic E-state index is 13.2. The first-order chi connectivity index (χ1) is 14.7. The average Bonchev–Trinajstić information content (AvgIpc) is 3.16. The fourth-order valence-corrected chi connectivity index (χ4v) is 3.90. The van der Waals surface area contributed by atoms with Gasteiger partial charge in [0.05, 0.1) is 29.7 Å². The summed E-state index contributed by atoms with van der Waals surface area (Å²) in [5, 5.41) is 7.42. The number of rotatable bonds is 6. The maximum Gasteiger partial charge on any atom is 0.257 e. The zero-order valence-electron chi connectivity index (χ0n) is 19.1. The summed E-state index contributed by atoms with van der Waals surface area (Å²) >= 11 is 0. The molecule has 2 amide bonds. The Kier molecular flexibility index (Phi) is 6.59. The second kappa shape index (κ2) is 9.16. The van der Waals surface area contributed by atoms with Gasteiger partial charge in [0.15, 0.2) is 0 Å². The van der Waals surface area contributed by atoms with E-state index in [4.69, 9.17) is 0 Å². The molecule has 0 aliphatic carbocycles. The van der Waals surface area contributed by atoms with Crippen molar-refractivity contribution < 1.29 is 9.59 Å². The van der Waals surface area contributed by atoms with E-state index in [9.17, 15) is 9.59 Å². The van der Waals surface area contributed by atoms with E-state index in [1.807, 2.05) is 77.1 Å². The van der Waals surface area contributed by atoms with Crippen LogP contribution in [0.2, 0.25) is 0 Å². The molecule has 2 aromatic carbocycles. The maximum atomic E-state index is 13.2. The first-order valence-corrected chi connectivity index (χ1v) is 10.5. The van der Waals surface area contributed by atoms with Crippen LogP contribution in [-0.4, -0.2) is 40.1 Å². The van der Waals surface area contributed by atoms with E-state index < -0.39 is 0 Å². The lowest BCUT2D eigenvalue weighted by atomic mass is 10.0. The van der Waals surface area contributed by atoms with Crippen molar-refractivity contribution in [3.8, 4) is 5.69 Å². The zero-order valence-corrected chi connectivity index (χ0v) is 19.1. The Morgan fingerprint density at radius 3 is 2.26 bits per heavy atom. The quantitative estimate of drug-likeness (QED) is 0.635. The zero-order chi connectivity index (χ0) is 22.7. The Bertz CT molecular complexity index is 1080. The number of benzene rings is 2. The number of para-hydroxylation sites is 1. The highest BCUT2D eigenvalue weighted by Crippen LogP contribution is 2.25. The number of aryl methyl sites for hydroxylation is 3. The van der Waals surface area contributed by atoms with E-state index in [0.717, 1.165) is 33.8 Å². The second-order valence-corrected chi connectivity index (χ2v) is 8.33. The number of nitrogens with zero attached hydrogens (tertiary/aromatic N) is 3. The number of carbonyl (C=O) groups excluding carboxylic acids is 2. The Balaban J connectivity index is 1.79. The number of anilines is 1. The number of aromatic nitrogens is 2. The number of nitrogens with one attached hydrogen (secondary N) is 1. The molecule has 31 heavy (non-hydrogen) atoms. The Morgan fingerprint density at radius 2 is 1.68 bits per heavy atom. The number of likely N-dealkylation sites (N-methyl/N-ethyl adjacent to an activating group) is 1. The van der Waals surface area contributed by atoms with Gasteiger partial charge < -0.3 is 10.2 Å². The third-order valence-corrected chi connectivity index (χ3v) is 5.25. The Morgan fingerprint density at radius 1 is 1.06 bits per heavy atom. The van der Waals surface area contributed by atoms with Gasteiger partial charge in [-0.15, -0.1) is 0 Å². The topological polar surface area (TPSA) is 67.2 Å². The monoisotopic (exact) mass is 418 g/mol. The number of carbonyl (C=O) groups is 2. The summed E-state index contributed by atoms with van der Waals surface area (Å²) in [4.78, 5) is 27.3. The van der Waals surface area contributed by atoms with Crippen LogP contribution in [0, 0.1) is 20.8 Å². The molecule has 0 saturated carbocycles. The molecule has 0 spiro atoms. The minimum atomic E-state index is -0.229. The Labute approximate surface area is 183 Å². The molecule has 0 atom stereocenters. The average molecular weight is 419 g/mol. The molecule has 0 fully saturated rings. The molecule has 0 bridgehead atoms. The second-order valence-electron chi connectivity index (χ2n) is 8.33. The lowest BCUT2D eigenvalue weighted by Crippen LogP contribution is -2.35. The molecular weight excluding hydrogens is 388 g/mol. The van der Waals surface area contributed by atoms with Gasteiger partial charge in [-0.05, 0) is 49.9 Å². The molecule has 1 N–H and O–H groups in total. The third-order valence-electron chi connectivity index (χ3n) is 5.25. The molecule has 0 unspecified atom stereocenters. The van der Waals surface area contributed by atoms with Crippen LogP contribution in [-0.2, 0) is 4.79 Å². The van der Waals surface area contributed by atoms with E-state index in [1.54, 1.807) is 17.9 Å². The highest BCUT2D eigenvalue weighted by Gasteiger charge is 2.24. The Hall–Kier alpha value is -3.41. The molecule has 0 aliphatic heterocycles. The first kappa shape index (κ1) is 22.3. The molecule has 0 radical (unpaired) electrons. The van der Waals surface area contributed by atoms with E-state index in [2.05, 4.69) is 10.4 Å². The summed E-state index contributed by atoms with van der Waals surface area (Å²) in [5.74, 6) is -0.368. The van der Waals surface area contributed by atoms with Gasteiger partial charge in [0.1, 0.15) is 0 Å². The molecule has 6 heteroatoms. The minimum absolute atomic E-state index is 0.0420. The largest absolute Gasteiger partial charge is 0.332 e. The van der Waals surface area contributed by atoms with Gasteiger partial charge in [-0.1, -0.05) is 49.7 Å². The fraction of sp³-hybridized carbons (Fsp3) is 0.320. The van der Waals surface area contributed by atoms with Crippen molar-refractivity contribution in [2.75, 3.05) is 18.9 Å². The normalized spacial score (nSPS) is 10.9. The van der Waals surface area contributed by atoms with Crippen molar-refractivity contribution in [3.63, 3.8) is 0 Å². The molecule has 162 valence electrons. The van der Waals surface area contributed by atoms with Crippen LogP contribution in [0.25, 0.3) is 5.69 Å². The number of amides is 2. The van der Waals surface area contributed by atoms with Crippen molar-refractivity contribution in [1.82, 2.24) is 14.7 Å². The van der Waals surface area contributed by atoms with Crippen LogP contribution < -0.4 is 5.32 Å². The molecule has 0 saturated heterocycles. The van der Waals surface area contributed by atoms with Crippen molar-refractivity contribution in [3.05, 3.63) is 76.6 Å². The standard InChI is InChI=1S/C25H30N4O2/c1-16(2)24-21(14-26-29(24)20-10-8-7-9-11-20)25(31)28(6)15-22(30)27-23-18(4)12-17(3)13-19(23)5/h7-14,16H,15H2,1-6H3,(H,27,30). The summed E-state index contributed by atoms with van der Waals surface area (Å²) in [6.07, 6.45) is 1.59. The summed E-state index contributed by atoms with van der Waals surface area (Å²) in [6, 6.07) is 13.8. The lowest BCUT2D eigenvalue weighted by molar-refractivity contribution is -0.116. The smallest absolute Gasteiger partial charge is 0.257 e. The van der Waals surface area contributed by atoms with Gasteiger partial charge in [0, 0.05) is 12.7 Å². The minimum Gasteiger partial charge on any atom is -0.332 e. The lowest BCUT2D eigenvalue weighted by Gasteiger charge is -2.19. The highest BCUT2D eigenvalue weighted by molar-refractivity contribution is 6.00. The van der Waals surface area contributed by atoms with Gasteiger partial charge >= 0.3 is 0 Å². The van der Waals surface area contributed by atoms with Crippen LogP contribution in [0.3, 0.4) is 0 Å². The van der Waals surface area contributed by atoms with E-state index >= 15 is 0 Å². The van der Waals surface area contributed by atoms with Crippen molar-refractivity contribution >= 4 is 17.5 Å². The van der Waals surface area contributed by atoms with Crippen LogP contribution in [0.15, 0.2) is 48.7 Å². The molecule has 0 aliphatic rings. The van der Waals surface area contributed by atoms with Gasteiger partial charge in [-0.2, -0.15) is 5.10 Å². The molecule has 6 nitrogen and oxygen atoms in total. The SMILES string of the molecule is Cc1cc(C)c(NC(=O)CN(C)C(=O)c2cnn(-c3ccccc3)c2C(C)C)c(C)c1. The van der Waals surface area contributed by atoms with Crippen molar-refractivity contribution in [2.24, 2.45) is 0 Å². The molecule has 1 heterocycles. The summed E-state index contributed by atoms with van der Waals surface area (Å²) in [6.45, 7) is 9.99. The predicted octanol–water partition coefficient (Wildman–Crippen LogP) is 4.63. The van der Waals surface area contributed by atoms with Crippen LogP contribution in [0.4, 0.5) is 5.69 Å². The summed E-state index contributed by atoms with van der Waals surface area (Å²) in [5.41, 5.74) is 6.20. The van der Waals surface area contributed by atoms with E-state index in [0.29, 0.717) is 5.56 Å². The fourth-order valence-electron chi connectivity index (χ4n) is 3.90. The molecule has 1 aromatic heterocycles. The van der Waals surface area contributed by atoms with Crippen LogP contribution in [0.5, 0.6) is 0 Å². The van der Waals surface area contributed by atoms with Crippen LogP contribution >= 0.6 is 0 Å². The highest BCUT2D eigenvalue weighted by atomic mass is 16.2. The van der Waals surface area contributed by atoms with Gasteiger partial charge in [-0.25, -0.2) is 4.68 Å². The molecule has 3 aromatic rings. The third kappa shape index (κ3) is 4.85. The van der Waals surface area contributed by atoms with Gasteiger partial charge in [0.2, 0.25) is 5.91 Å². The van der Waals surface area contributed by atoms with Crippen molar-refractivity contribution in [1.29, 1.82) is 0 Å². The first-order valence-electron chi connectivity index (χ1n) is 10.5. The van der Waals surface area contributed by atoms with Gasteiger partial charge in [0.25, 0.3) is 5.91 Å². The summed E-state index contributed by atoms with van der Waals surface area (Å²) in [7, 11) is 1.64. The molecular formula is C25H30N4O2. The molecule has 3 rings (SSSR count). The van der Waals surface area contributed by atoms with Crippen molar-refractivity contribution in [2.45, 2.75) is 40.5 Å². The summed E-state index contributed by atoms with van der Waals surface area (Å²) < 4.78 is 1.80. The number of hydrogen-bond acceptors (Lipinski definition) is 3. The van der Waals surface area contributed by atoms with Crippen LogP contribution in [0.1, 0.15) is 52.5 Å². The van der Waals surface area contributed by atoms with E-state index in [1.165, 1.54) is 4.90 Å².